The van der Waals surface area contributed by atoms with E-state index in [-0.39, 0.29) is 37.6 Å². The van der Waals surface area contributed by atoms with Crippen molar-refractivity contribution in [3.8, 4) is 0 Å². The molecule has 1 aromatic carbocycles. The number of aliphatic hydroxyl groups excluding tert-OH is 2. The van der Waals surface area contributed by atoms with Crippen LogP contribution in [0.25, 0.3) is 0 Å². The summed E-state index contributed by atoms with van der Waals surface area (Å²) in [6, 6.07) is 6.44. The van der Waals surface area contributed by atoms with Crippen molar-refractivity contribution in [3.05, 3.63) is 35.4 Å². The first-order valence-electron chi connectivity index (χ1n) is 11.4. The van der Waals surface area contributed by atoms with Crippen LogP contribution in [0.15, 0.2) is 24.3 Å². The highest BCUT2D eigenvalue weighted by molar-refractivity contribution is 6.03. The molecule has 0 radical (unpaired) electrons. The fraction of sp³-hybridized carbons (Fsp3) is 0.583. The third-order valence-corrected chi connectivity index (χ3v) is 4.18. The average Bonchev–Trinajstić information content (AvgIpc) is 2.84. The number of ether oxygens (including phenoxy) is 4. The van der Waals surface area contributed by atoms with Gasteiger partial charge in [0.1, 0.15) is 0 Å². The van der Waals surface area contributed by atoms with Crippen LogP contribution >= 0.6 is 0 Å². The van der Waals surface area contributed by atoms with Gasteiger partial charge in [0.2, 0.25) is 0 Å². The number of benzene rings is 1. The van der Waals surface area contributed by atoms with E-state index < -0.39 is 36.1 Å². The van der Waals surface area contributed by atoms with Gasteiger partial charge in [-0.3, -0.25) is 0 Å². The molecule has 2 N–H and O–H groups in total. The molecule has 0 aliphatic heterocycles. The van der Waals surface area contributed by atoms with Crippen molar-refractivity contribution in [3.63, 3.8) is 0 Å². The maximum Gasteiger partial charge on any atom is 0.338 e. The SMILES string of the molecule is CCCCOC(=O)C(O)C(O)C(=O)OCCCC.CCOC(=O)c1ccccc1C(=O)OCC. The lowest BCUT2D eigenvalue weighted by molar-refractivity contribution is -0.173. The quantitative estimate of drug-likeness (QED) is 0.243. The molecule has 0 bridgehead atoms. The van der Waals surface area contributed by atoms with Crippen molar-refractivity contribution in [2.24, 2.45) is 0 Å². The Balaban J connectivity index is 0.000000644. The summed E-state index contributed by atoms with van der Waals surface area (Å²) in [4.78, 5) is 45.6. The lowest BCUT2D eigenvalue weighted by Crippen LogP contribution is -2.41. The molecule has 2 atom stereocenters. The second-order valence-corrected chi connectivity index (χ2v) is 6.92. The van der Waals surface area contributed by atoms with Crippen molar-refractivity contribution in [2.75, 3.05) is 26.4 Å². The fourth-order valence-electron chi connectivity index (χ4n) is 2.32. The number of rotatable bonds is 13. The van der Waals surface area contributed by atoms with Gasteiger partial charge in [-0.2, -0.15) is 0 Å². The van der Waals surface area contributed by atoms with Crippen LogP contribution in [0.2, 0.25) is 0 Å². The Hall–Kier alpha value is -2.98. The molecule has 0 saturated carbocycles. The molecule has 0 heterocycles. The molecule has 0 amide bonds. The summed E-state index contributed by atoms with van der Waals surface area (Å²) in [5.74, 6) is -3.04. The number of hydrogen-bond donors (Lipinski definition) is 2. The van der Waals surface area contributed by atoms with Crippen molar-refractivity contribution in [2.45, 2.75) is 65.6 Å². The first kappa shape index (κ1) is 31.0. The van der Waals surface area contributed by atoms with Crippen LogP contribution in [0.3, 0.4) is 0 Å². The third-order valence-electron chi connectivity index (χ3n) is 4.18. The molecule has 0 aliphatic carbocycles. The Morgan fingerprint density at radius 1 is 0.676 bits per heavy atom. The summed E-state index contributed by atoms with van der Waals surface area (Å²) < 4.78 is 19.1. The Kier molecular flexibility index (Phi) is 16.8. The fourth-order valence-corrected chi connectivity index (χ4v) is 2.32. The zero-order valence-corrected chi connectivity index (χ0v) is 20.3. The lowest BCUT2D eigenvalue weighted by atomic mass is 10.1. The standard InChI is InChI=1S/C12H22O6.C12H14O4/c1-3-5-7-17-11(15)9(13)10(14)12(16)18-8-6-4-2;1-3-15-11(13)9-7-5-6-8-10(9)12(14)16-4-2/h9-10,13-14H,3-8H2,1-2H3;5-8H,3-4H2,1-2H3. The van der Waals surface area contributed by atoms with Crippen molar-refractivity contribution < 1.29 is 48.3 Å². The minimum Gasteiger partial charge on any atom is -0.464 e. The predicted molar refractivity (Wildman–Crippen MR) is 122 cm³/mol. The van der Waals surface area contributed by atoms with E-state index in [0.717, 1.165) is 12.8 Å². The van der Waals surface area contributed by atoms with Crippen LogP contribution in [0.5, 0.6) is 0 Å². The van der Waals surface area contributed by atoms with Gasteiger partial charge in [0.15, 0.2) is 12.2 Å². The van der Waals surface area contributed by atoms with E-state index in [0.29, 0.717) is 12.8 Å². The molecule has 10 nitrogen and oxygen atoms in total. The average molecular weight is 485 g/mol. The van der Waals surface area contributed by atoms with Crippen LogP contribution in [0.4, 0.5) is 0 Å². The summed E-state index contributed by atoms with van der Waals surface area (Å²) in [5, 5.41) is 18.8. The second kappa shape index (κ2) is 18.4. The first-order valence-corrected chi connectivity index (χ1v) is 11.4. The highest BCUT2D eigenvalue weighted by Gasteiger charge is 2.32. The van der Waals surface area contributed by atoms with Gasteiger partial charge in [0.25, 0.3) is 0 Å². The molecule has 1 aromatic rings. The minimum atomic E-state index is -1.89. The smallest absolute Gasteiger partial charge is 0.338 e. The molecule has 10 heteroatoms. The predicted octanol–water partition coefficient (Wildman–Crippen LogP) is 2.43. The summed E-state index contributed by atoms with van der Waals surface area (Å²) in [5.41, 5.74) is 0.477. The van der Waals surface area contributed by atoms with Crippen molar-refractivity contribution in [1.29, 1.82) is 0 Å². The molecule has 0 saturated heterocycles. The van der Waals surface area contributed by atoms with E-state index >= 15 is 0 Å². The highest BCUT2D eigenvalue weighted by Crippen LogP contribution is 2.12. The number of unbranched alkanes of at least 4 members (excludes halogenated alkanes) is 2. The van der Waals surface area contributed by atoms with E-state index in [4.69, 9.17) is 9.47 Å². The van der Waals surface area contributed by atoms with Gasteiger partial charge in [0, 0.05) is 0 Å². The largest absolute Gasteiger partial charge is 0.464 e. The van der Waals surface area contributed by atoms with Crippen LogP contribution in [0, 0.1) is 0 Å². The van der Waals surface area contributed by atoms with Gasteiger partial charge < -0.3 is 29.2 Å². The van der Waals surface area contributed by atoms with Crippen LogP contribution in [-0.2, 0) is 28.5 Å². The molecule has 0 aliphatic rings. The van der Waals surface area contributed by atoms with Gasteiger partial charge in [-0.05, 0) is 38.8 Å². The molecule has 192 valence electrons. The van der Waals surface area contributed by atoms with E-state index in [1.165, 1.54) is 0 Å². The number of aliphatic hydroxyl groups is 2. The molecule has 0 fully saturated rings. The summed E-state index contributed by atoms with van der Waals surface area (Å²) in [7, 11) is 0. The molecule has 34 heavy (non-hydrogen) atoms. The van der Waals surface area contributed by atoms with Gasteiger partial charge in [-0.15, -0.1) is 0 Å². The van der Waals surface area contributed by atoms with E-state index in [2.05, 4.69) is 9.47 Å². The van der Waals surface area contributed by atoms with Crippen LogP contribution in [0.1, 0.15) is 74.1 Å². The Morgan fingerprint density at radius 3 is 1.32 bits per heavy atom. The van der Waals surface area contributed by atoms with Gasteiger partial charge >= 0.3 is 23.9 Å². The number of hydrogen-bond acceptors (Lipinski definition) is 10. The minimum absolute atomic E-state index is 0.157. The van der Waals surface area contributed by atoms with Crippen LogP contribution in [-0.4, -0.2) is 72.7 Å². The molecule has 0 aromatic heterocycles. The monoisotopic (exact) mass is 484 g/mol. The molecular formula is C24H36O10. The first-order chi connectivity index (χ1) is 16.2. The number of esters is 4. The van der Waals surface area contributed by atoms with Crippen LogP contribution < -0.4 is 0 Å². The summed E-state index contributed by atoms with van der Waals surface area (Å²) in [6.07, 6.45) is -0.784. The van der Waals surface area contributed by atoms with Gasteiger partial charge in [-0.1, -0.05) is 38.8 Å². The Morgan fingerprint density at radius 2 is 1.03 bits per heavy atom. The summed E-state index contributed by atoms with van der Waals surface area (Å²) in [6.45, 7) is 8.13. The van der Waals surface area contributed by atoms with E-state index in [9.17, 15) is 29.4 Å². The Labute approximate surface area is 200 Å². The normalized spacial score (nSPS) is 11.8. The maximum atomic E-state index is 11.5. The zero-order chi connectivity index (χ0) is 25.9. The van der Waals surface area contributed by atoms with Crippen molar-refractivity contribution >= 4 is 23.9 Å². The van der Waals surface area contributed by atoms with E-state index in [1.807, 2.05) is 13.8 Å². The van der Waals surface area contributed by atoms with Gasteiger partial charge in [0.05, 0.1) is 37.6 Å². The molecule has 2 unspecified atom stereocenters. The number of carbonyl (C=O) groups is 4. The van der Waals surface area contributed by atoms with Gasteiger partial charge in [-0.25, -0.2) is 19.2 Å². The number of carbonyl (C=O) groups excluding carboxylic acids is 4. The second-order valence-electron chi connectivity index (χ2n) is 6.92. The lowest BCUT2D eigenvalue weighted by Gasteiger charge is -2.15. The molecule has 1 rings (SSSR count). The highest BCUT2D eigenvalue weighted by atomic mass is 16.6. The van der Waals surface area contributed by atoms with E-state index in [1.54, 1.807) is 38.1 Å². The summed E-state index contributed by atoms with van der Waals surface area (Å²) >= 11 is 0. The third kappa shape index (κ3) is 11.8. The maximum absolute atomic E-state index is 11.5. The topological polar surface area (TPSA) is 146 Å². The zero-order valence-electron chi connectivity index (χ0n) is 20.3. The van der Waals surface area contributed by atoms with Crippen molar-refractivity contribution in [1.82, 2.24) is 0 Å². The molecular weight excluding hydrogens is 448 g/mol. The molecule has 0 spiro atoms. The Bertz CT molecular complexity index is 699.